The van der Waals surface area contributed by atoms with Crippen LogP contribution in [0.3, 0.4) is 0 Å². The van der Waals surface area contributed by atoms with Gasteiger partial charge in [0.05, 0.1) is 37.2 Å². The van der Waals surface area contributed by atoms with Crippen molar-refractivity contribution in [3.8, 4) is 11.5 Å². The van der Waals surface area contributed by atoms with Gasteiger partial charge in [0.2, 0.25) is 5.91 Å². The smallest absolute Gasteiger partial charge is 0.325 e. The van der Waals surface area contributed by atoms with Crippen molar-refractivity contribution >= 4 is 40.7 Å². The van der Waals surface area contributed by atoms with E-state index in [1.807, 2.05) is 30.3 Å². The van der Waals surface area contributed by atoms with Gasteiger partial charge in [-0.3, -0.25) is 14.5 Å². The Labute approximate surface area is 232 Å². The molecule has 0 saturated heterocycles. The lowest BCUT2D eigenvalue weighted by atomic mass is 9.99. The van der Waals surface area contributed by atoms with E-state index >= 15 is 0 Å². The molecule has 1 N–H and O–H groups in total. The molecule has 39 heavy (non-hydrogen) atoms. The van der Waals surface area contributed by atoms with Crippen LogP contribution in [-0.4, -0.2) is 49.9 Å². The summed E-state index contributed by atoms with van der Waals surface area (Å²) in [6.07, 6.45) is 2.17. The van der Waals surface area contributed by atoms with Crippen LogP contribution in [0.25, 0.3) is 0 Å². The molecule has 0 atom stereocenters. The summed E-state index contributed by atoms with van der Waals surface area (Å²) in [4.78, 5) is 42.7. The summed E-state index contributed by atoms with van der Waals surface area (Å²) in [6.45, 7) is 0.0665. The molecule has 1 aliphatic carbocycles. The number of para-hydroxylation sites is 1. The summed E-state index contributed by atoms with van der Waals surface area (Å²) < 4.78 is 10.6. The van der Waals surface area contributed by atoms with E-state index in [4.69, 9.17) is 21.1 Å². The molecule has 0 unspecified atom stereocenters. The Balaban J connectivity index is 1.28. The molecule has 0 aromatic heterocycles. The second kappa shape index (κ2) is 11.4. The van der Waals surface area contributed by atoms with Crippen molar-refractivity contribution in [2.45, 2.75) is 25.8 Å². The predicted molar refractivity (Wildman–Crippen MR) is 150 cm³/mol. The Morgan fingerprint density at radius 1 is 0.923 bits per heavy atom. The van der Waals surface area contributed by atoms with E-state index in [1.54, 1.807) is 12.1 Å². The molecule has 3 aromatic carbocycles. The van der Waals surface area contributed by atoms with Crippen molar-refractivity contribution in [2.75, 3.05) is 37.5 Å². The van der Waals surface area contributed by atoms with Gasteiger partial charge >= 0.3 is 6.03 Å². The van der Waals surface area contributed by atoms with Gasteiger partial charge in [-0.25, -0.2) is 4.79 Å². The number of carbonyl (C=O) groups excluding carboxylic acids is 3. The first kappa shape index (κ1) is 26.6. The number of carbonyl (C=O) groups is 3. The summed E-state index contributed by atoms with van der Waals surface area (Å²) in [5.41, 5.74) is 4.47. The molecule has 0 saturated carbocycles. The first-order valence-electron chi connectivity index (χ1n) is 12.8. The van der Waals surface area contributed by atoms with E-state index in [2.05, 4.69) is 17.4 Å². The molecule has 0 radical (unpaired) electrons. The highest BCUT2D eigenvalue weighted by atomic mass is 35.5. The fourth-order valence-electron chi connectivity index (χ4n) is 5.42. The number of hydrogen-bond acceptors (Lipinski definition) is 5. The number of ether oxygens (including phenoxy) is 2. The lowest BCUT2D eigenvalue weighted by Crippen LogP contribution is -2.51. The minimum atomic E-state index is -0.436. The van der Waals surface area contributed by atoms with Crippen molar-refractivity contribution in [1.29, 1.82) is 0 Å². The van der Waals surface area contributed by atoms with E-state index in [0.717, 1.165) is 18.4 Å². The number of ketones is 1. The van der Waals surface area contributed by atoms with Crippen LogP contribution in [0.15, 0.2) is 60.7 Å². The number of nitrogens with one attached hydrogen (secondary N) is 1. The third-order valence-electron chi connectivity index (χ3n) is 7.21. The van der Waals surface area contributed by atoms with Crippen LogP contribution in [0.1, 0.15) is 23.1 Å². The zero-order valence-corrected chi connectivity index (χ0v) is 22.7. The van der Waals surface area contributed by atoms with Crippen LogP contribution < -0.4 is 19.7 Å². The molecule has 3 amide bonds. The zero-order valence-electron chi connectivity index (χ0n) is 21.9. The number of Topliss-reactive ketones (excluding diaryl/α,β-unsaturated/α-hetero) is 1. The number of urea groups is 1. The summed E-state index contributed by atoms with van der Waals surface area (Å²) in [5.74, 6) is 0.608. The number of benzene rings is 3. The molecule has 0 spiro atoms. The van der Waals surface area contributed by atoms with Crippen LogP contribution >= 0.6 is 11.6 Å². The Morgan fingerprint density at radius 3 is 2.23 bits per heavy atom. The molecule has 8 nitrogen and oxygen atoms in total. The fraction of sp³-hybridized carbons (Fsp3) is 0.300. The standard InChI is InChI=1S/C30H30ClN3O5/c1-38-27-15-28(39-2)25(14-24(27)31)32-29(36)18-34-26-10-6-5-9-22(26)16-33(30(34)37)17-23(35)13-19-11-20-7-3-4-8-21(20)12-19/h3-10,14-15,19H,11-13,16-18H2,1-2H3,(H,32,36). The average Bonchev–Trinajstić information content (AvgIpc) is 3.33. The van der Waals surface area contributed by atoms with Crippen molar-refractivity contribution in [2.24, 2.45) is 5.92 Å². The maximum absolute atomic E-state index is 13.5. The van der Waals surface area contributed by atoms with Crippen molar-refractivity contribution in [3.63, 3.8) is 0 Å². The number of amides is 3. The number of fused-ring (bicyclic) bond motifs is 2. The van der Waals surface area contributed by atoms with Gasteiger partial charge in [0.25, 0.3) is 0 Å². The average molecular weight is 548 g/mol. The lowest BCUT2D eigenvalue weighted by Gasteiger charge is -2.36. The Kier molecular flexibility index (Phi) is 7.74. The quantitative estimate of drug-likeness (QED) is 0.402. The number of nitrogens with zero attached hydrogens (tertiary/aromatic N) is 2. The molecule has 3 aromatic rings. The van der Waals surface area contributed by atoms with Crippen LogP contribution in [0.2, 0.25) is 5.02 Å². The largest absolute Gasteiger partial charge is 0.495 e. The molecule has 2 aliphatic rings. The monoisotopic (exact) mass is 547 g/mol. The van der Waals surface area contributed by atoms with Gasteiger partial charge in [-0.2, -0.15) is 0 Å². The second-order valence-electron chi connectivity index (χ2n) is 9.87. The van der Waals surface area contributed by atoms with Crippen molar-refractivity contribution in [3.05, 3.63) is 82.4 Å². The van der Waals surface area contributed by atoms with Gasteiger partial charge in [0, 0.05) is 19.0 Å². The number of halogens is 1. The SMILES string of the molecule is COc1cc(OC)c(NC(=O)CN2C(=O)N(CC(=O)CC3Cc4ccccc4C3)Cc3ccccc32)cc1Cl. The zero-order chi connectivity index (χ0) is 27.5. The fourth-order valence-corrected chi connectivity index (χ4v) is 5.66. The molecule has 202 valence electrons. The van der Waals surface area contributed by atoms with E-state index < -0.39 is 5.91 Å². The van der Waals surface area contributed by atoms with E-state index in [9.17, 15) is 14.4 Å². The van der Waals surface area contributed by atoms with Gasteiger partial charge in [-0.05, 0) is 47.6 Å². The first-order chi connectivity index (χ1) is 18.9. The maximum Gasteiger partial charge on any atom is 0.325 e. The summed E-state index contributed by atoms with van der Waals surface area (Å²) in [7, 11) is 2.96. The maximum atomic E-state index is 13.5. The Morgan fingerprint density at radius 2 is 1.56 bits per heavy atom. The molecular formula is C30H30ClN3O5. The third-order valence-corrected chi connectivity index (χ3v) is 7.51. The molecule has 1 heterocycles. The highest BCUT2D eigenvalue weighted by Crippen LogP contribution is 2.36. The summed E-state index contributed by atoms with van der Waals surface area (Å²) in [5, 5.41) is 3.09. The van der Waals surface area contributed by atoms with E-state index in [-0.39, 0.29) is 30.8 Å². The van der Waals surface area contributed by atoms with E-state index in [0.29, 0.717) is 40.9 Å². The highest BCUT2D eigenvalue weighted by molar-refractivity contribution is 6.32. The van der Waals surface area contributed by atoms with Gasteiger partial charge in [0.1, 0.15) is 18.0 Å². The normalized spacial score (nSPS) is 14.6. The van der Waals surface area contributed by atoms with Gasteiger partial charge in [-0.1, -0.05) is 54.1 Å². The van der Waals surface area contributed by atoms with Gasteiger partial charge in [0.15, 0.2) is 5.78 Å². The third kappa shape index (κ3) is 5.71. The molecule has 9 heteroatoms. The number of hydrogen-bond donors (Lipinski definition) is 1. The Bertz CT molecular complexity index is 1400. The summed E-state index contributed by atoms with van der Waals surface area (Å²) >= 11 is 6.24. The Hall–Kier alpha value is -4.04. The van der Waals surface area contributed by atoms with Crippen LogP contribution in [0.4, 0.5) is 16.2 Å². The predicted octanol–water partition coefficient (Wildman–Crippen LogP) is 5.11. The number of methoxy groups -OCH3 is 2. The number of rotatable bonds is 9. The lowest BCUT2D eigenvalue weighted by molar-refractivity contribution is -0.120. The topological polar surface area (TPSA) is 88.2 Å². The van der Waals surface area contributed by atoms with E-state index in [1.165, 1.54) is 41.2 Å². The molecule has 5 rings (SSSR count). The molecule has 1 aliphatic heterocycles. The van der Waals surface area contributed by atoms with Crippen LogP contribution in [0.5, 0.6) is 11.5 Å². The first-order valence-corrected chi connectivity index (χ1v) is 13.2. The van der Waals surface area contributed by atoms with Gasteiger partial charge in [-0.15, -0.1) is 0 Å². The molecule has 0 fully saturated rings. The van der Waals surface area contributed by atoms with Crippen LogP contribution in [-0.2, 0) is 29.0 Å². The summed E-state index contributed by atoms with van der Waals surface area (Å²) in [6, 6.07) is 18.4. The number of anilines is 2. The van der Waals surface area contributed by atoms with Gasteiger partial charge < -0.3 is 19.7 Å². The minimum Gasteiger partial charge on any atom is -0.495 e. The molecule has 0 bridgehead atoms. The highest BCUT2D eigenvalue weighted by Gasteiger charge is 2.33. The van der Waals surface area contributed by atoms with Crippen LogP contribution in [0, 0.1) is 5.92 Å². The van der Waals surface area contributed by atoms with Crippen molar-refractivity contribution in [1.82, 2.24) is 4.90 Å². The second-order valence-corrected chi connectivity index (χ2v) is 10.3. The van der Waals surface area contributed by atoms with Crippen molar-refractivity contribution < 1.29 is 23.9 Å². The minimum absolute atomic E-state index is 0.0000422. The molecular weight excluding hydrogens is 518 g/mol.